The summed E-state index contributed by atoms with van der Waals surface area (Å²) in [4.78, 5) is 27.4. The highest BCUT2D eigenvalue weighted by Crippen LogP contribution is 2.31. The fourth-order valence-electron chi connectivity index (χ4n) is 2.23. The van der Waals surface area contributed by atoms with Gasteiger partial charge in [-0.1, -0.05) is 17.5 Å². The van der Waals surface area contributed by atoms with Crippen molar-refractivity contribution in [2.75, 3.05) is 6.61 Å². The fraction of sp³-hybridized carbons (Fsp3) is 0.278. The predicted molar refractivity (Wildman–Crippen MR) is 94.6 cm³/mol. The first-order chi connectivity index (χ1) is 13.9. The average molecular weight is 451 g/mol. The van der Waals surface area contributed by atoms with E-state index in [1.165, 1.54) is 13.8 Å². The second-order valence-corrected chi connectivity index (χ2v) is 6.33. The molecule has 2 aromatic rings. The number of benzene rings is 1. The molecular weight excluding hydrogens is 439 g/mol. The minimum Gasteiger partial charge on any atom is -0.459 e. The van der Waals surface area contributed by atoms with Crippen molar-refractivity contribution < 1.29 is 36.2 Å². The highest BCUT2D eigenvalue weighted by atomic mass is 35.5. The summed E-state index contributed by atoms with van der Waals surface area (Å²) in [5.41, 5.74) is -5.40. The lowest BCUT2D eigenvalue weighted by Crippen LogP contribution is -2.30. The maximum Gasteiger partial charge on any atom is 0.436 e. The molecule has 1 aromatic carbocycles. The molecule has 1 heterocycles. The summed E-state index contributed by atoms with van der Waals surface area (Å²) < 4.78 is 77.4. The number of aromatic nitrogens is 2. The van der Waals surface area contributed by atoms with Crippen molar-refractivity contribution in [3.63, 3.8) is 0 Å². The Hall–Kier alpha value is -3.13. The second kappa shape index (κ2) is 8.71. The zero-order valence-corrected chi connectivity index (χ0v) is 16.1. The van der Waals surface area contributed by atoms with E-state index in [4.69, 9.17) is 27.5 Å². The molecule has 12 heteroatoms. The summed E-state index contributed by atoms with van der Waals surface area (Å²) in [6.45, 7) is 2.36. The lowest BCUT2D eigenvalue weighted by atomic mass is 10.2. The van der Waals surface area contributed by atoms with Gasteiger partial charge in [0, 0.05) is 0 Å². The summed E-state index contributed by atoms with van der Waals surface area (Å²) in [6.07, 6.45) is -0.961. The molecule has 0 N–H and O–H groups in total. The average Bonchev–Trinajstić information content (AvgIpc) is 2.61. The summed E-state index contributed by atoms with van der Waals surface area (Å²) in [7, 11) is 0. The Morgan fingerprint density at radius 1 is 1.33 bits per heavy atom. The third-order valence-corrected chi connectivity index (χ3v) is 3.70. The maximum absolute atomic E-state index is 14.5. The van der Waals surface area contributed by atoms with Crippen LogP contribution >= 0.6 is 11.6 Å². The SMILES string of the molecule is C#CCOc1nc(C(F)(F)F)c(F)c(=O)n1-c1cc(C(=O)OC(C)C)c(Cl)cc1F. The van der Waals surface area contributed by atoms with Crippen LogP contribution in [0.5, 0.6) is 6.01 Å². The molecule has 0 saturated carbocycles. The first-order valence-corrected chi connectivity index (χ1v) is 8.42. The minimum absolute atomic E-state index is 0.0692. The van der Waals surface area contributed by atoms with Crippen molar-refractivity contribution in [2.45, 2.75) is 26.1 Å². The molecule has 0 atom stereocenters. The van der Waals surface area contributed by atoms with Crippen LogP contribution in [0.4, 0.5) is 22.0 Å². The standard InChI is InChI=1S/C18H12ClF5N2O4/c1-4-5-29-17-25-14(18(22,23)24)13(21)15(27)26(17)12-6-9(10(19)7-11(12)20)16(28)30-8(2)3/h1,6-8H,5H2,2-3H3. The Balaban J connectivity index is 2.83. The van der Waals surface area contributed by atoms with Gasteiger partial charge in [0.1, 0.15) is 5.82 Å². The highest BCUT2D eigenvalue weighted by molar-refractivity contribution is 6.33. The molecule has 160 valence electrons. The van der Waals surface area contributed by atoms with E-state index >= 15 is 0 Å². The van der Waals surface area contributed by atoms with Gasteiger partial charge in [-0.2, -0.15) is 22.5 Å². The van der Waals surface area contributed by atoms with Gasteiger partial charge >= 0.3 is 18.2 Å². The van der Waals surface area contributed by atoms with Crippen LogP contribution in [0.15, 0.2) is 16.9 Å². The van der Waals surface area contributed by atoms with E-state index in [-0.39, 0.29) is 4.57 Å². The summed E-state index contributed by atoms with van der Waals surface area (Å²) in [6, 6.07) is 0.151. The molecule has 0 saturated heterocycles. The van der Waals surface area contributed by atoms with Gasteiger partial charge in [0.15, 0.2) is 12.3 Å². The Morgan fingerprint density at radius 3 is 2.50 bits per heavy atom. The zero-order valence-electron chi connectivity index (χ0n) is 15.3. The van der Waals surface area contributed by atoms with Crippen LogP contribution in [-0.2, 0) is 10.9 Å². The Bertz CT molecular complexity index is 1090. The van der Waals surface area contributed by atoms with Gasteiger partial charge in [0.25, 0.3) is 5.56 Å². The van der Waals surface area contributed by atoms with E-state index in [9.17, 15) is 31.5 Å². The van der Waals surface area contributed by atoms with E-state index in [1.54, 1.807) is 0 Å². The fourth-order valence-corrected chi connectivity index (χ4v) is 2.45. The molecule has 0 fully saturated rings. The lowest BCUT2D eigenvalue weighted by molar-refractivity contribution is -0.144. The number of nitrogens with zero attached hydrogens (tertiary/aromatic N) is 2. The molecule has 6 nitrogen and oxygen atoms in total. The molecule has 0 spiro atoms. The lowest BCUT2D eigenvalue weighted by Gasteiger charge is -2.17. The number of ether oxygens (including phenoxy) is 2. The minimum atomic E-state index is -5.35. The number of hydrogen-bond donors (Lipinski definition) is 0. The Kier molecular flexibility index (Phi) is 6.72. The maximum atomic E-state index is 14.5. The van der Waals surface area contributed by atoms with Crippen LogP contribution < -0.4 is 10.3 Å². The van der Waals surface area contributed by atoms with Crippen LogP contribution in [0, 0.1) is 24.0 Å². The number of hydrogen-bond acceptors (Lipinski definition) is 5. The molecule has 0 aliphatic rings. The van der Waals surface area contributed by atoms with E-state index in [2.05, 4.69) is 4.98 Å². The van der Waals surface area contributed by atoms with Gasteiger partial charge in [-0.25, -0.2) is 13.8 Å². The van der Waals surface area contributed by atoms with Crippen LogP contribution in [0.3, 0.4) is 0 Å². The molecule has 0 aliphatic heterocycles. The molecule has 0 bridgehead atoms. The van der Waals surface area contributed by atoms with Crippen LogP contribution in [-0.4, -0.2) is 28.2 Å². The predicted octanol–water partition coefficient (Wildman–Crippen LogP) is 3.76. The molecule has 30 heavy (non-hydrogen) atoms. The smallest absolute Gasteiger partial charge is 0.436 e. The second-order valence-electron chi connectivity index (χ2n) is 5.93. The quantitative estimate of drug-likeness (QED) is 0.394. The largest absolute Gasteiger partial charge is 0.459 e. The number of esters is 1. The van der Waals surface area contributed by atoms with Gasteiger partial charge in [-0.3, -0.25) is 4.79 Å². The Morgan fingerprint density at radius 2 is 1.97 bits per heavy atom. The number of rotatable bonds is 5. The van der Waals surface area contributed by atoms with Crippen LogP contribution in [0.25, 0.3) is 5.69 Å². The molecule has 1 aromatic heterocycles. The highest BCUT2D eigenvalue weighted by Gasteiger charge is 2.40. The number of halogens is 6. The van der Waals surface area contributed by atoms with Gasteiger partial charge in [-0.15, -0.1) is 6.42 Å². The third-order valence-electron chi connectivity index (χ3n) is 3.39. The topological polar surface area (TPSA) is 70.4 Å². The molecule has 0 aliphatic carbocycles. The van der Waals surface area contributed by atoms with Crippen molar-refractivity contribution in [1.29, 1.82) is 0 Å². The molecule has 0 radical (unpaired) electrons. The van der Waals surface area contributed by atoms with Gasteiger partial charge < -0.3 is 9.47 Å². The normalized spacial score (nSPS) is 11.3. The first-order valence-electron chi connectivity index (χ1n) is 8.04. The number of alkyl halides is 3. The number of carbonyl (C=O) groups is 1. The summed E-state index contributed by atoms with van der Waals surface area (Å²) in [5, 5.41) is -0.415. The van der Waals surface area contributed by atoms with Crippen molar-refractivity contribution in [2.24, 2.45) is 0 Å². The van der Waals surface area contributed by atoms with Gasteiger partial charge in [0.2, 0.25) is 5.82 Å². The summed E-state index contributed by atoms with van der Waals surface area (Å²) in [5.74, 6) is -2.69. The van der Waals surface area contributed by atoms with Crippen molar-refractivity contribution >= 4 is 17.6 Å². The van der Waals surface area contributed by atoms with E-state index < -0.39 is 70.0 Å². The molecular formula is C18H12ClF5N2O4. The van der Waals surface area contributed by atoms with Crippen molar-refractivity contribution in [1.82, 2.24) is 9.55 Å². The van der Waals surface area contributed by atoms with Gasteiger partial charge in [0.05, 0.1) is 22.4 Å². The van der Waals surface area contributed by atoms with Crippen LogP contribution in [0.2, 0.25) is 5.02 Å². The zero-order chi connectivity index (χ0) is 22.8. The third kappa shape index (κ3) is 4.71. The summed E-state index contributed by atoms with van der Waals surface area (Å²) >= 11 is 5.82. The number of terminal acetylenes is 1. The van der Waals surface area contributed by atoms with Crippen molar-refractivity contribution in [3.8, 4) is 24.0 Å². The molecule has 2 rings (SSSR count). The number of carbonyl (C=O) groups excluding carboxylic acids is 1. The van der Waals surface area contributed by atoms with E-state index in [1.807, 2.05) is 5.92 Å². The van der Waals surface area contributed by atoms with E-state index in [0.29, 0.717) is 12.1 Å². The Labute approximate surface area is 171 Å². The van der Waals surface area contributed by atoms with Crippen molar-refractivity contribution in [3.05, 3.63) is 50.4 Å². The van der Waals surface area contributed by atoms with Crippen LogP contribution in [0.1, 0.15) is 29.9 Å². The molecule has 0 amide bonds. The van der Waals surface area contributed by atoms with E-state index in [0.717, 1.165) is 0 Å². The monoisotopic (exact) mass is 450 g/mol. The first kappa shape index (κ1) is 23.2. The van der Waals surface area contributed by atoms with Gasteiger partial charge in [-0.05, 0) is 26.0 Å². The molecule has 0 unspecified atom stereocenters.